The summed E-state index contributed by atoms with van der Waals surface area (Å²) in [7, 11) is 0. The van der Waals surface area contributed by atoms with E-state index in [0.29, 0.717) is 31.3 Å². The number of pyridine rings is 1. The molecule has 50 heavy (non-hydrogen) atoms. The first-order valence-electron chi connectivity index (χ1n) is 15.8. The number of benzene rings is 4. The second kappa shape index (κ2) is 14.7. The van der Waals surface area contributed by atoms with Gasteiger partial charge in [-0.15, -0.1) is 0 Å². The number of hydrogen-bond acceptors (Lipinski definition) is 5. The third kappa shape index (κ3) is 7.52. The Bertz CT molecular complexity index is 2140. The van der Waals surface area contributed by atoms with Crippen molar-refractivity contribution in [3.8, 4) is 11.1 Å². The van der Waals surface area contributed by atoms with Crippen LogP contribution in [0.5, 0.6) is 0 Å². The van der Waals surface area contributed by atoms with Gasteiger partial charge in [-0.25, -0.2) is 17.6 Å². The van der Waals surface area contributed by atoms with Gasteiger partial charge in [-0.2, -0.15) is 0 Å². The Morgan fingerprint density at radius 3 is 2.10 bits per heavy atom. The van der Waals surface area contributed by atoms with Gasteiger partial charge >= 0.3 is 0 Å². The molecule has 1 aliphatic rings. The second-order valence-electron chi connectivity index (χ2n) is 11.9. The smallest absolute Gasteiger partial charge is 0.294 e. The van der Waals surface area contributed by atoms with Crippen LogP contribution in [-0.4, -0.2) is 52.4 Å². The lowest BCUT2D eigenvalue weighted by atomic mass is 10.0. The molecule has 0 aliphatic carbocycles. The van der Waals surface area contributed by atoms with E-state index in [4.69, 9.17) is 0 Å². The van der Waals surface area contributed by atoms with E-state index in [1.54, 1.807) is 6.07 Å². The lowest BCUT2D eigenvalue weighted by Crippen LogP contribution is -2.50. The predicted molar refractivity (Wildman–Crippen MR) is 182 cm³/mol. The minimum absolute atomic E-state index is 0.0894. The Balaban J connectivity index is 1.22. The molecule has 1 amide bonds. The van der Waals surface area contributed by atoms with E-state index >= 15 is 0 Å². The van der Waals surface area contributed by atoms with Gasteiger partial charge in [0.05, 0.1) is 12.1 Å². The van der Waals surface area contributed by atoms with E-state index in [1.165, 1.54) is 29.3 Å². The maximum absolute atomic E-state index is 14.5. The molecule has 0 atom stereocenters. The molecule has 0 unspecified atom stereocenters. The lowest BCUT2D eigenvalue weighted by Gasteiger charge is -2.35. The first kappa shape index (κ1) is 33.9. The number of amides is 1. The predicted octanol–water partition coefficient (Wildman–Crippen LogP) is 6.53. The highest BCUT2D eigenvalue weighted by atomic mass is 19.1. The first-order chi connectivity index (χ1) is 24.1. The summed E-state index contributed by atoms with van der Waals surface area (Å²) in [6.45, 7) is 1.04. The fourth-order valence-electron chi connectivity index (χ4n) is 5.95. The number of halogens is 4. The number of aliphatic hydroxyl groups excluding tert-OH is 1. The zero-order valence-corrected chi connectivity index (χ0v) is 26.7. The fraction of sp³-hybridized carbons (Fsp3) is 0.154. The third-order valence-electron chi connectivity index (χ3n) is 8.57. The average Bonchev–Trinajstić information content (AvgIpc) is 3.12. The van der Waals surface area contributed by atoms with E-state index in [9.17, 15) is 37.1 Å². The van der Waals surface area contributed by atoms with Gasteiger partial charge in [0.25, 0.3) is 11.5 Å². The molecule has 1 fully saturated rings. The van der Waals surface area contributed by atoms with Crippen molar-refractivity contribution in [1.82, 2.24) is 9.47 Å². The Hall–Kier alpha value is -5.97. The average molecular weight is 682 g/mol. The molecule has 4 aromatic carbocycles. The summed E-state index contributed by atoms with van der Waals surface area (Å²) in [6.07, 6.45) is 1.39. The van der Waals surface area contributed by atoms with E-state index < -0.39 is 63.8 Å². The van der Waals surface area contributed by atoms with Crippen molar-refractivity contribution in [2.75, 3.05) is 31.1 Å². The topological polar surface area (TPSA) is 82.8 Å². The fourth-order valence-corrected chi connectivity index (χ4v) is 5.95. The van der Waals surface area contributed by atoms with Crippen LogP contribution in [0.15, 0.2) is 114 Å². The molecular formula is C39H31F4N3O4. The first-order valence-corrected chi connectivity index (χ1v) is 15.8. The van der Waals surface area contributed by atoms with E-state index in [-0.39, 0.29) is 30.8 Å². The van der Waals surface area contributed by atoms with Crippen LogP contribution in [0.1, 0.15) is 22.3 Å². The van der Waals surface area contributed by atoms with E-state index in [1.807, 2.05) is 48.5 Å². The number of piperazine rings is 1. The Kier molecular flexibility index (Phi) is 9.94. The van der Waals surface area contributed by atoms with Crippen molar-refractivity contribution in [1.29, 1.82) is 0 Å². The summed E-state index contributed by atoms with van der Waals surface area (Å²) >= 11 is 0. The third-order valence-corrected chi connectivity index (χ3v) is 8.57. The summed E-state index contributed by atoms with van der Waals surface area (Å²) in [5.74, 6) is -6.88. The van der Waals surface area contributed by atoms with Crippen molar-refractivity contribution >= 4 is 23.1 Å². The number of ketones is 1. The van der Waals surface area contributed by atoms with Crippen molar-refractivity contribution < 1.29 is 32.3 Å². The largest absolute Gasteiger partial charge is 0.507 e. The molecule has 11 heteroatoms. The maximum Gasteiger partial charge on any atom is 0.294 e. The van der Waals surface area contributed by atoms with Crippen LogP contribution in [0.3, 0.4) is 0 Å². The quantitative estimate of drug-likeness (QED) is 0.0829. The number of anilines is 1. The van der Waals surface area contributed by atoms with Gasteiger partial charge < -0.3 is 19.5 Å². The van der Waals surface area contributed by atoms with Crippen LogP contribution in [-0.2, 0) is 22.6 Å². The molecule has 5 aromatic rings. The normalized spacial score (nSPS) is 13.4. The molecular weight excluding hydrogens is 650 g/mol. The summed E-state index contributed by atoms with van der Waals surface area (Å²) in [5.41, 5.74) is 1.47. The van der Waals surface area contributed by atoms with Gasteiger partial charge in [0.2, 0.25) is 5.78 Å². The molecule has 0 bridgehead atoms. The van der Waals surface area contributed by atoms with Crippen LogP contribution >= 0.6 is 0 Å². The molecule has 1 N–H and O–H groups in total. The molecule has 2 heterocycles. The number of nitrogens with zero attached hydrogens (tertiary/aromatic N) is 3. The van der Waals surface area contributed by atoms with Crippen molar-refractivity contribution in [3.05, 3.63) is 165 Å². The van der Waals surface area contributed by atoms with Gasteiger partial charge in [0.1, 0.15) is 29.0 Å². The Morgan fingerprint density at radius 2 is 1.40 bits per heavy atom. The molecule has 1 aromatic heterocycles. The number of hydrogen-bond donors (Lipinski definition) is 1. The van der Waals surface area contributed by atoms with Crippen LogP contribution in [0.4, 0.5) is 23.2 Å². The van der Waals surface area contributed by atoms with E-state index in [2.05, 4.69) is 11.0 Å². The minimum atomic E-state index is -1.17. The van der Waals surface area contributed by atoms with Crippen LogP contribution in [0.25, 0.3) is 16.9 Å². The monoisotopic (exact) mass is 681 g/mol. The number of aromatic nitrogens is 1. The van der Waals surface area contributed by atoms with Crippen molar-refractivity contribution in [3.63, 3.8) is 0 Å². The molecule has 0 radical (unpaired) electrons. The van der Waals surface area contributed by atoms with Gasteiger partial charge in [-0.1, -0.05) is 60.7 Å². The number of aliphatic hydroxyl groups is 1. The number of carbonyl (C=O) groups is 2. The highest BCUT2D eigenvalue weighted by Gasteiger charge is 2.26. The maximum atomic E-state index is 14.5. The minimum Gasteiger partial charge on any atom is -0.507 e. The summed E-state index contributed by atoms with van der Waals surface area (Å²) in [5, 5.41) is 11.0. The summed E-state index contributed by atoms with van der Waals surface area (Å²) in [6, 6.07) is 25.7. The highest BCUT2D eigenvalue weighted by molar-refractivity contribution is 6.41. The molecule has 7 nitrogen and oxygen atoms in total. The molecule has 1 saturated heterocycles. The Morgan fingerprint density at radius 1 is 0.740 bits per heavy atom. The van der Waals surface area contributed by atoms with E-state index in [0.717, 1.165) is 27.4 Å². The highest BCUT2D eigenvalue weighted by Crippen LogP contribution is 2.26. The number of rotatable bonds is 9. The Labute approximate surface area is 285 Å². The molecule has 1 aliphatic heterocycles. The van der Waals surface area contributed by atoms with Crippen LogP contribution in [0, 0.1) is 23.3 Å². The number of carbonyl (C=O) groups excluding carboxylic acids is 2. The second-order valence-corrected chi connectivity index (χ2v) is 11.9. The van der Waals surface area contributed by atoms with Gasteiger partial charge in [-0.05, 0) is 41.0 Å². The summed E-state index contributed by atoms with van der Waals surface area (Å²) in [4.78, 5) is 43.2. The van der Waals surface area contributed by atoms with Crippen LogP contribution in [0.2, 0.25) is 0 Å². The molecule has 6 rings (SSSR count). The standard InChI is InChI=1S/C39H31F4N3O4/c40-29-20-34(42)31(35(43)21-29)17-25-18-32(38(49)46(23-25)24-28-9-4-5-12-33(28)41)36(47)22-37(48)39(50)45-15-13-44(14-16-45)30-11-6-10-27(19-30)26-7-2-1-3-8-26/h1-12,18-23,47H,13-17,24H2/b36-22-. The van der Waals surface area contributed by atoms with Gasteiger partial charge in [-0.3, -0.25) is 14.4 Å². The SMILES string of the molecule is O=C(/C=C(\O)c1cc(Cc2c(F)cc(F)cc2F)cn(Cc2ccccc2F)c1=O)C(=O)N1CCN(c2cccc(-c3ccccc3)c2)CC1. The van der Waals surface area contributed by atoms with Gasteiger partial charge in [0.15, 0.2) is 0 Å². The molecule has 254 valence electrons. The zero-order valence-electron chi connectivity index (χ0n) is 26.7. The lowest BCUT2D eigenvalue weighted by molar-refractivity contribution is -0.142. The zero-order chi connectivity index (χ0) is 35.4. The van der Waals surface area contributed by atoms with Crippen molar-refractivity contribution in [2.24, 2.45) is 0 Å². The molecule has 0 saturated carbocycles. The molecule has 0 spiro atoms. The summed E-state index contributed by atoms with van der Waals surface area (Å²) < 4.78 is 58.1. The van der Waals surface area contributed by atoms with Crippen LogP contribution < -0.4 is 10.5 Å². The van der Waals surface area contributed by atoms with Crippen molar-refractivity contribution in [2.45, 2.75) is 13.0 Å². The van der Waals surface area contributed by atoms with Gasteiger partial charge in [0, 0.05) is 73.8 Å².